The lowest BCUT2D eigenvalue weighted by Crippen LogP contribution is -2.39. The largest absolute Gasteiger partial charge is 0.508 e. The van der Waals surface area contributed by atoms with Crippen LogP contribution in [0.1, 0.15) is 46.9 Å². The Balaban J connectivity index is 1.76. The number of aromatic nitrogens is 1. The van der Waals surface area contributed by atoms with E-state index in [1.165, 1.54) is 0 Å². The summed E-state index contributed by atoms with van der Waals surface area (Å²) in [6.07, 6.45) is 2.81. The molecule has 5 nitrogen and oxygen atoms in total. The van der Waals surface area contributed by atoms with Gasteiger partial charge >= 0.3 is 0 Å². The Kier molecular flexibility index (Phi) is 4.10. The molecule has 0 aliphatic carbocycles. The number of nitrogens with one attached hydrogen (secondary N) is 1. The highest BCUT2D eigenvalue weighted by Gasteiger charge is 2.31. The van der Waals surface area contributed by atoms with E-state index < -0.39 is 0 Å². The third-order valence-electron chi connectivity index (χ3n) is 5.05. The van der Waals surface area contributed by atoms with Gasteiger partial charge in [-0.1, -0.05) is 30.3 Å². The third kappa shape index (κ3) is 2.70. The van der Waals surface area contributed by atoms with Crippen LogP contribution in [0, 0.1) is 11.3 Å². The number of phenols is 1. The second-order valence-corrected chi connectivity index (χ2v) is 6.64. The van der Waals surface area contributed by atoms with Gasteiger partial charge in [0.25, 0.3) is 5.91 Å². The van der Waals surface area contributed by atoms with Crippen LogP contribution in [0.5, 0.6) is 5.75 Å². The van der Waals surface area contributed by atoms with Crippen molar-refractivity contribution >= 4 is 16.8 Å². The number of phenolic OH excluding ortho intramolecular Hbond substituents is 1. The number of nitrogens with zero attached hydrogens (tertiary/aromatic N) is 2. The first-order chi connectivity index (χ1) is 12.7. The van der Waals surface area contributed by atoms with E-state index in [-0.39, 0.29) is 17.7 Å². The van der Waals surface area contributed by atoms with Crippen LogP contribution in [0.3, 0.4) is 0 Å². The van der Waals surface area contributed by atoms with Gasteiger partial charge < -0.3 is 15.0 Å². The number of nitriles is 1. The summed E-state index contributed by atoms with van der Waals surface area (Å²) >= 11 is 0. The maximum absolute atomic E-state index is 13.3. The molecule has 1 atom stereocenters. The quantitative estimate of drug-likeness (QED) is 0.733. The van der Waals surface area contributed by atoms with E-state index in [4.69, 9.17) is 0 Å². The molecule has 2 heterocycles. The van der Waals surface area contributed by atoms with Crippen LogP contribution in [-0.4, -0.2) is 27.4 Å². The molecule has 1 saturated heterocycles. The first kappa shape index (κ1) is 16.2. The van der Waals surface area contributed by atoms with Gasteiger partial charge in [0.2, 0.25) is 0 Å². The van der Waals surface area contributed by atoms with Crippen LogP contribution in [-0.2, 0) is 0 Å². The number of hydrogen-bond donors (Lipinski definition) is 2. The maximum atomic E-state index is 13.3. The Hall–Kier alpha value is -3.26. The molecule has 1 unspecified atom stereocenters. The summed E-state index contributed by atoms with van der Waals surface area (Å²) in [4.78, 5) is 18.3. The number of likely N-dealkylation sites (tertiary alicyclic amines) is 1. The first-order valence-corrected chi connectivity index (χ1v) is 8.80. The van der Waals surface area contributed by atoms with Gasteiger partial charge in [0, 0.05) is 17.4 Å². The number of para-hydroxylation sites is 1. The summed E-state index contributed by atoms with van der Waals surface area (Å²) in [6, 6.07) is 16.6. The highest BCUT2D eigenvalue weighted by atomic mass is 16.3. The van der Waals surface area contributed by atoms with Crippen molar-refractivity contribution in [2.75, 3.05) is 6.54 Å². The summed E-state index contributed by atoms with van der Waals surface area (Å²) in [5, 5.41) is 20.2. The second kappa shape index (κ2) is 6.57. The Morgan fingerprint density at radius 2 is 2.04 bits per heavy atom. The number of benzene rings is 2. The smallest absolute Gasteiger partial charge is 0.272 e. The summed E-state index contributed by atoms with van der Waals surface area (Å²) in [6.45, 7) is 0.638. The van der Waals surface area contributed by atoms with Crippen LogP contribution in [0.2, 0.25) is 0 Å². The van der Waals surface area contributed by atoms with Crippen molar-refractivity contribution in [3.8, 4) is 11.8 Å². The number of hydrogen-bond acceptors (Lipinski definition) is 3. The van der Waals surface area contributed by atoms with E-state index in [9.17, 15) is 15.2 Å². The summed E-state index contributed by atoms with van der Waals surface area (Å²) in [5.41, 5.74) is 2.46. The van der Waals surface area contributed by atoms with Crippen LogP contribution in [0.15, 0.2) is 48.5 Å². The SMILES string of the molecule is N#Cc1c(C(=O)N2CCCCC2c2cccc(O)c2)[nH]c2ccccc12. The molecule has 0 spiro atoms. The molecule has 3 aromatic rings. The van der Waals surface area contributed by atoms with Gasteiger partial charge in [-0.25, -0.2) is 0 Å². The first-order valence-electron chi connectivity index (χ1n) is 8.80. The molecule has 1 aliphatic rings. The minimum atomic E-state index is -0.161. The molecule has 5 heteroatoms. The Bertz CT molecular complexity index is 1020. The molecule has 1 aliphatic heterocycles. The maximum Gasteiger partial charge on any atom is 0.272 e. The molecule has 4 rings (SSSR count). The van der Waals surface area contributed by atoms with Gasteiger partial charge in [0.05, 0.1) is 11.6 Å². The molecule has 1 amide bonds. The molecule has 1 fully saturated rings. The number of rotatable bonds is 2. The van der Waals surface area contributed by atoms with Crippen LogP contribution >= 0.6 is 0 Å². The van der Waals surface area contributed by atoms with Crippen molar-refractivity contribution in [3.63, 3.8) is 0 Å². The van der Waals surface area contributed by atoms with Crippen molar-refractivity contribution in [2.45, 2.75) is 25.3 Å². The summed E-state index contributed by atoms with van der Waals surface area (Å²) in [5.74, 6) is 0.0367. The fourth-order valence-corrected chi connectivity index (χ4v) is 3.82. The van der Waals surface area contributed by atoms with Crippen LogP contribution < -0.4 is 0 Å². The average Bonchev–Trinajstić information content (AvgIpc) is 3.06. The summed E-state index contributed by atoms with van der Waals surface area (Å²) in [7, 11) is 0. The number of piperidine rings is 1. The number of H-pyrrole nitrogens is 1. The Morgan fingerprint density at radius 1 is 1.19 bits per heavy atom. The lowest BCUT2D eigenvalue weighted by molar-refractivity contribution is 0.0605. The molecule has 1 aromatic heterocycles. The second-order valence-electron chi connectivity index (χ2n) is 6.64. The minimum Gasteiger partial charge on any atom is -0.508 e. The highest BCUT2D eigenvalue weighted by molar-refractivity contribution is 6.02. The van der Waals surface area contributed by atoms with E-state index >= 15 is 0 Å². The highest BCUT2D eigenvalue weighted by Crippen LogP contribution is 2.34. The molecular formula is C21H19N3O2. The number of amides is 1. The van der Waals surface area contributed by atoms with Crippen molar-refractivity contribution < 1.29 is 9.90 Å². The third-order valence-corrected chi connectivity index (χ3v) is 5.05. The fourth-order valence-electron chi connectivity index (χ4n) is 3.82. The molecule has 26 heavy (non-hydrogen) atoms. The standard InChI is InChI=1S/C21H19N3O2/c22-13-17-16-8-1-2-9-18(16)23-20(17)21(26)24-11-4-3-10-19(24)14-6-5-7-15(25)12-14/h1-2,5-9,12,19,23,25H,3-4,10-11H2. The molecule has 0 bridgehead atoms. The average molecular weight is 345 g/mol. The molecule has 0 saturated carbocycles. The molecule has 2 aromatic carbocycles. The van der Waals surface area contributed by atoms with Crippen molar-refractivity contribution in [3.05, 3.63) is 65.4 Å². The molecule has 130 valence electrons. The molecule has 0 radical (unpaired) electrons. The Labute approximate surface area is 151 Å². The number of carbonyl (C=O) groups is 1. The monoisotopic (exact) mass is 345 g/mol. The lowest BCUT2D eigenvalue weighted by atomic mass is 9.94. The van der Waals surface area contributed by atoms with Crippen molar-refractivity contribution in [1.29, 1.82) is 5.26 Å². The van der Waals surface area contributed by atoms with E-state index in [1.807, 2.05) is 35.2 Å². The van der Waals surface area contributed by atoms with Gasteiger partial charge in [0.1, 0.15) is 17.5 Å². The van der Waals surface area contributed by atoms with Gasteiger partial charge in [0.15, 0.2) is 0 Å². The molecule has 2 N–H and O–H groups in total. The van der Waals surface area contributed by atoms with Crippen LogP contribution in [0.4, 0.5) is 0 Å². The zero-order valence-corrected chi connectivity index (χ0v) is 14.3. The number of aromatic amines is 1. The van der Waals surface area contributed by atoms with E-state index in [0.717, 1.165) is 35.7 Å². The lowest BCUT2D eigenvalue weighted by Gasteiger charge is -2.36. The zero-order valence-electron chi connectivity index (χ0n) is 14.3. The summed E-state index contributed by atoms with van der Waals surface area (Å²) < 4.78 is 0. The van der Waals surface area contributed by atoms with Gasteiger partial charge in [-0.05, 0) is 43.0 Å². The van der Waals surface area contributed by atoms with Crippen LogP contribution in [0.25, 0.3) is 10.9 Å². The van der Waals surface area contributed by atoms with E-state index in [0.29, 0.717) is 17.8 Å². The molecular weight excluding hydrogens is 326 g/mol. The predicted molar refractivity (Wildman–Crippen MR) is 98.7 cm³/mol. The van der Waals surface area contributed by atoms with Gasteiger partial charge in [-0.2, -0.15) is 5.26 Å². The number of carbonyl (C=O) groups excluding carboxylic acids is 1. The zero-order chi connectivity index (χ0) is 18.1. The predicted octanol–water partition coefficient (Wildman–Crippen LogP) is 4.11. The minimum absolute atomic E-state index is 0.0960. The fraction of sp³-hybridized carbons (Fsp3) is 0.238. The van der Waals surface area contributed by atoms with E-state index in [2.05, 4.69) is 11.1 Å². The van der Waals surface area contributed by atoms with Crippen molar-refractivity contribution in [2.24, 2.45) is 0 Å². The number of fused-ring (bicyclic) bond motifs is 1. The van der Waals surface area contributed by atoms with Gasteiger partial charge in [-0.3, -0.25) is 4.79 Å². The van der Waals surface area contributed by atoms with Gasteiger partial charge in [-0.15, -0.1) is 0 Å². The Morgan fingerprint density at radius 3 is 2.85 bits per heavy atom. The normalized spacial score (nSPS) is 17.2. The van der Waals surface area contributed by atoms with Crippen molar-refractivity contribution in [1.82, 2.24) is 9.88 Å². The topological polar surface area (TPSA) is 80.1 Å². The number of aromatic hydroxyl groups is 1. The van der Waals surface area contributed by atoms with E-state index in [1.54, 1.807) is 18.2 Å².